The molecule has 0 aliphatic heterocycles. The summed E-state index contributed by atoms with van der Waals surface area (Å²) in [5, 5.41) is 7.80. The molecule has 6 rings (SSSR count). The van der Waals surface area contributed by atoms with Gasteiger partial charge < -0.3 is 10.6 Å². The molecule has 1 heterocycles. The van der Waals surface area contributed by atoms with Gasteiger partial charge in [0.1, 0.15) is 0 Å². The molecule has 0 radical (unpaired) electrons. The van der Waals surface area contributed by atoms with Crippen molar-refractivity contribution < 1.29 is 13.2 Å². The van der Waals surface area contributed by atoms with Gasteiger partial charge in [-0.15, -0.1) is 11.3 Å². The predicted octanol–water partition coefficient (Wildman–Crippen LogP) is 6.24. The van der Waals surface area contributed by atoms with Crippen molar-refractivity contribution in [1.29, 1.82) is 0 Å². The number of carbonyl (C=O) groups excluding carboxylic acids is 1. The first-order chi connectivity index (χ1) is 20.3. The van der Waals surface area contributed by atoms with E-state index < -0.39 is 16.1 Å². The van der Waals surface area contributed by atoms with Crippen LogP contribution in [0.2, 0.25) is 0 Å². The van der Waals surface area contributed by atoms with Gasteiger partial charge in [-0.3, -0.25) is 4.79 Å². The van der Waals surface area contributed by atoms with Crippen LogP contribution in [0, 0.1) is 6.92 Å². The van der Waals surface area contributed by atoms with Gasteiger partial charge in [-0.1, -0.05) is 61.4 Å². The number of nitrogens with zero attached hydrogens (tertiary/aromatic N) is 1. The van der Waals surface area contributed by atoms with Crippen molar-refractivity contribution in [2.24, 2.45) is 0 Å². The molecule has 0 saturated heterocycles. The smallest absolute Gasteiger partial charge is 0.241 e. The summed E-state index contributed by atoms with van der Waals surface area (Å²) in [6, 6.07) is 20.7. The molecule has 3 N–H and O–H groups in total. The highest BCUT2D eigenvalue weighted by atomic mass is 32.2. The molecule has 1 fully saturated rings. The van der Waals surface area contributed by atoms with E-state index in [1.807, 2.05) is 37.3 Å². The fraction of sp³-hybridized carbons (Fsp3) is 0.394. The van der Waals surface area contributed by atoms with E-state index in [1.54, 1.807) is 18.2 Å². The third-order valence-electron chi connectivity index (χ3n) is 8.47. The molecule has 1 aromatic heterocycles. The Hall–Kier alpha value is -3.11. The van der Waals surface area contributed by atoms with Crippen LogP contribution in [-0.4, -0.2) is 25.4 Å². The molecule has 4 aromatic rings. The molecule has 1 saturated carbocycles. The zero-order chi connectivity index (χ0) is 29.1. The van der Waals surface area contributed by atoms with E-state index in [4.69, 9.17) is 0 Å². The summed E-state index contributed by atoms with van der Waals surface area (Å²) >= 11 is 1.53. The number of thiazole rings is 1. The first-order valence-electron chi connectivity index (χ1n) is 14.9. The second-order valence-corrected chi connectivity index (χ2v) is 14.5. The van der Waals surface area contributed by atoms with Crippen LogP contribution >= 0.6 is 11.3 Å². The number of hydrogen-bond acceptors (Lipinski definition) is 6. The van der Waals surface area contributed by atoms with Gasteiger partial charge in [0.15, 0.2) is 0 Å². The summed E-state index contributed by atoms with van der Waals surface area (Å²) in [6.45, 7) is 2.78. The third-order valence-corrected chi connectivity index (χ3v) is 10.9. The number of sulfonamides is 1. The molecular formula is C33H38N4O3S2. The quantitative estimate of drug-likeness (QED) is 0.200. The zero-order valence-electron chi connectivity index (χ0n) is 23.9. The number of fused-ring (bicyclic) bond motifs is 2. The molecule has 7 nitrogen and oxygen atoms in total. The Morgan fingerprint density at radius 2 is 1.81 bits per heavy atom. The van der Waals surface area contributed by atoms with Gasteiger partial charge in [0, 0.05) is 19.0 Å². The van der Waals surface area contributed by atoms with Gasteiger partial charge in [-0.05, 0) is 79.5 Å². The molecule has 220 valence electrons. The summed E-state index contributed by atoms with van der Waals surface area (Å²) in [7, 11) is -3.91. The lowest BCUT2D eigenvalue weighted by atomic mass is 9.86. The van der Waals surface area contributed by atoms with Crippen molar-refractivity contribution in [2.45, 2.75) is 87.9 Å². The van der Waals surface area contributed by atoms with Crippen LogP contribution in [0.5, 0.6) is 0 Å². The molecule has 9 heteroatoms. The first kappa shape index (κ1) is 29.0. The molecule has 2 aliphatic rings. The number of benzene rings is 3. The Morgan fingerprint density at radius 3 is 2.62 bits per heavy atom. The van der Waals surface area contributed by atoms with Crippen molar-refractivity contribution in [2.75, 3.05) is 0 Å². The van der Waals surface area contributed by atoms with Crippen LogP contribution in [0.25, 0.3) is 10.2 Å². The lowest BCUT2D eigenvalue weighted by Crippen LogP contribution is -2.36. The SMILES string of the molecule is Cc1nc2cc(S(=O)(=O)N[C@H](CC(=O)N[C@@H]3CCCc4cc(CNC5CCCC5)ccc43)c3ccccc3)ccc2s1. The van der Waals surface area contributed by atoms with Gasteiger partial charge in [0.25, 0.3) is 0 Å². The maximum absolute atomic E-state index is 13.5. The molecule has 0 spiro atoms. The molecule has 1 amide bonds. The molecule has 2 atom stereocenters. The topological polar surface area (TPSA) is 100 Å². The molecule has 0 bridgehead atoms. The number of amides is 1. The second kappa shape index (κ2) is 12.6. The lowest BCUT2D eigenvalue weighted by Gasteiger charge is -2.28. The molecule has 0 unspecified atom stereocenters. The monoisotopic (exact) mass is 602 g/mol. The van der Waals surface area contributed by atoms with Crippen LogP contribution in [0.3, 0.4) is 0 Å². The Bertz CT molecular complexity index is 1660. The largest absolute Gasteiger partial charge is 0.349 e. The average molecular weight is 603 g/mol. The predicted molar refractivity (Wildman–Crippen MR) is 168 cm³/mol. The fourth-order valence-electron chi connectivity index (χ4n) is 6.32. The summed E-state index contributed by atoms with van der Waals surface area (Å²) in [4.78, 5) is 18.0. The summed E-state index contributed by atoms with van der Waals surface area (Å²) < 4.78 is 30.7. The minimum Gasteiger partial charge on any atom is -0.349 e. The maximum Gasteiger partial charge on any atom is 0.241 e. The van der Waals surface area contributed by atoms with Crippen LogP contribution < -0.4 is 15.4 Å². The minimum absolute atomic E-state index is 0.00345. The Morgan fingerprint density at radius 1 is 1.00 bits per heavy atom. The van der Waals surface area contributed by atoms with Gasteiger partial charge in [-0.2, -0.15) is 0 Å². The van der Waals surface area contributed by atoms with Crippen molar-refractivity contribution >= 4 is 37.5 Å². The molecular weight excluding hydrogens is 565 g/mol. The number of nitrogens with one attached hydrogen (secondary N) is 3. The number of hydrogen-bond donors (Lipinski definition) is 3. The maximum atomic E-state index is 13.5. The van der Waals surface area contributed by atoms with E-state index in [9.17, 15) is 13.2 Å². The number of rotatable bonds is 10. The van der Waals surface area contributed by atoms with E-state index in [2.05, 4.69) is 38.5 Å². The van der Waals surface area contributed by atoms with Gasteiger partial charge in [0.05, 0.1) is 32.2 Å². The van der Waals surface area contributed by atoms with Crippen LogP contribution in [-0.2, 0) is 27.8 Å². The zero-order valence-corrected chi connectivity index (χ0v) is 25.6. The van der Waals surface area contributed by atoms with Gasteiger partial charge in [-0.25, -0.2) is 18.1 Å². The standard InChI is InChI=1S/C33H38N4O3S2/c1-22-35-31-19-27(15-17-32(31)41-22)42(39,40)37-30(24-8-3-2-4-9-24)20-33(38)36-29-13-7-10-25-18-23(14-16-28(25)29)21-34-26-11-5-6-12-26/h2-4,8-9,14-19,26,29-30,34,37H,5-7,10-13,20-21H2,1H3,(H,36,38)/t29-,30-/m1/s1. The normalized spacial score (nSPS) is 18.2. The highest BCUT2D eigenvalue weighted by Gasteiger charge is 2.27. The van der Waals surface area contributed by atoms with E-state index in [0.717, 1.165) is 41.1 Å². The number of aryl methyl sites for hydroxylation is 2. The van der Waals surface area contributed by atoms with Gasteiger partial charge >= 0.3 is 0 Å². The highest BCUT2D eigenvalue weighted by Crippen LogP contribution is 2.32. The molecule has 42 heavy (non-hydrogen) atoms. The minimum atomic E-state index is -3.91. The fourth-order valence-corrected chi connectivity index (χ4v) is 8.37. The lowest BCUT2D eigenvalue weighted by molar-refractivity contribution is -0.122. The molecule has 2 aliphatic carbocycles. The van der Waals surface area contributed by atoms with Crippen molar-refractivity contribution in [3.05, 3.63) is 94.0 Å². The van der Waals surface area contributed by atoms with Crippen LogP contribution in [0.4, 0.5) is 0 Å². The second-order valence-electron chi connectivity index (χ2n) is 11.6. The van der Waals surface area contributed by atoms with Gasteiger partial charge in [0.2, 0.25) is 15.9 Å². The van der Waals surface area contributed by atoms with Crippen LogP contribution in [0.1, 0.15) is 84.3 Å². The summed E-state index contributed by atoms with van der Waals surface area (Å²) in [5.74, 6) is -0.179. The van der Waals surface area contributed by atoms with Crippen LogP contribution in [0.15, 0.2) is 71.6 Å². The van der Waals surface area contributed by atoms with E-state index in [-0.39, 0.29) is 23.3 Å². The summed E-state index contributed by atoms with van der Waals surface area (Å²) in [6.07, 6.45) is 8.04. The van der Waals surface area contributed by atoms with E-state index >= 15 is 0 Å². The first-order valence-corrected chi connectivity index (χ1v) is 17.2. The average Bonchev–Trinajstić information content (AvgIpc) is 3.64. The Kier molecular flexibility index (Phi) is 8.72. The highest BCUT2D eigenvalue weighted by molar-refractivity contribution is 7.89. The number of aromatic nitrogens is 1. The molecule has 3 aromatic carbocycles. The number of carbonyl (C=O) groups is 1. The Balaban J connectivity index is 1.16. The summed E-state index contributed by atoms with van der Waals surface area (Å²) in [5.41, 5.74) is 5.15. The van der Waals surface area contributed by atoms with Crippen molar-refractivity contribution in [3.8, 4) is 0 Å². The van der Waals surface area contributed by atoms with E-state index in [1.165, 1.54) is 53.7 Å². The Labute approximate surface area is 252 Å². The van der Waals surface area contributed by atoms with Crippen molar-refractivity contribution in [1.82, 2.24) is 20.3 Å². The third kappa shape index (κ3) is 6.75. The van der Waals surface area contributed by atoms with Crippen molar-refractivity contribution in [3.63, 3.8) is 0 Å². The van der Waals surface area contributed by atoms with E-state index in [0.29, 0.717) is 11.6 Å².